The Bertz CT molecular complexity index is 1020. The molecule has 1 atom stereocenters. The molecular formula is C21H25N7O. The summed E-state index contributed by atoms with van der Waals surface area (Å²) in [5.74, 6) is 1.43. The van der Waals surface area contributed by atoms with Crippen molar-refractivity contribution in [2.45, 2.75) is 44.6 Å². The number of aromatic nitrogens is 5. The molecule has 0 saturated heterocycles. The molecule has 1 unspecified atom stereocenters. The van der Waals surface area contributed by atoms with E-state index < -0.39 is 0 Å². The van der Waals surface area contributed by atoms with Gasteiger partial charge in [0.05, 0.1) is 22.8 Å². The number of nitrogens with one attached hydrogen (secondary N) is 2. The van der Waals surface area contributed by atoms with Crippen LogP contribution in [0.1, 0.15) is 36.3 Å². The highest BCUT2D eigenvalue weighted by Gasteiger charge is 2.26. The molecule has 2 N–H and O–H groups in total. The van der Waals surface area contributed by atoms with Crippen LogP contribution in [0.3, 0.4) is 0 Å². The lowest BCUT2D eigenvalue weighted by Crippen LogP contribution is -2.41. The zero-order valence-electron chi connectivity index (χ0n) is 16.5. The quantitative estimate of drug-likeness (QED) is 0.700. The van der Waals surface area contributed by atoms with Gasteiger partial charge in [0.2, 0.25) is 0 Å². The van der Waals surface area contributed by atoms with Gasteiger partial charge in [0, 0.05) is 25.6 Å². The molecule has 2 aromatic heterocycles. The van der Waals surface area contributed by atoms with Gasteiger partial charge in [0.1, 0.15) is 5.82 Å². The van der Waals surface area contributed by atoms with Crippen molar-refractivity contribution in [3.05, 3.63) is 53.5 Å². The van der Waals surface area contributed by atoms with E-state index in [1.807, 2.05) is 52.8 Å². The Morgan fingerprint density at radius 3 is 2.83 bits per heavy atom. The molecule has 150 valence electrons. The number of para-hydroxylation sites is 1. The molecule has 8 heteroatoms. The number of hydrogen-bond acceptors (Lipinski definition) is 4. The van der Waals surface area contributed by atoms with Crippen molar-refractivity contribution in [3.63, 3.8) is 0 Å². The molecule has 1 fully saturated rings. The molecule has 0 radical (unpaired) electrons. The fraction of sp³-hybridized carbons (Fsp3) is 0.429. The number of amides is 2. The third kappa shape index (κ3) is 3.87. The molecule has 1 saturated carbocycles. The van der Waals surface area contributed by atoms with E-state index in [2.05, 4.69) is 20.9 Å². The minimum Gasteiger partial charge on any atom is -0.335 e. The van der Waals surface area contributed by atoms with Crippen molar-refractivity contribution in [1.82, 2.24) is 30.1 Å². The first-order chi connectivity index (χ1) is 14.2. The van der Waals surface area contributed by atoms with Crippen LogP contribution in [0.15, 0.2) is 36.4 Å². The van der Waals surface area contributed by atoms with Crippen molar-refractivity contribution < 1.29 is 4.79 Å². The van der Waals surface area contributed by atoms with Crippen LogP contribution in [0.25, 0.3) is 5.69 Å². The summed E-state index contributed by atoms with van der Waals surface area (Å²) in [6.07, 6.45) is 5.97. The van der Waals surface area contributed by atoms with Crippen LogP contribution in [0.2, 0.25) is 0 Å². The van der Waals surface area contributed by atoms with E-state index in [9.17, 15) is 4.79 Å². The van der Waals surface area contributed by atoms with Crippen LogP contribution < -0.4 is 10.6 Å². The van der Waals surface area contributed by atoms with Gasteiger partial charge in [-0.2, -0.15) is 5.10 Å². The van der Waals surface area contributed by atoms with Gasteiger partial charge in [-0.25, -0.2) is 9.48 Å². The molecule has 2 aliphatic rings. The van der Waals surface area contributed by atoms with Crippen molar-refractivity contribution in [1.29, 1.82) is 0 Å². The van der Waals surface area contributed by atoms with Gasteiger partial charge in [-0.3, -0.25) is 10.00 Å². The summed E-state index contributed by atoms with van der Waals surface area (Å²) >= 11 is 0. The number of benzene rings is 1. The average molecular weight is 391 g/mol. The number of rotatable bonds is 5. The molecular weight excluding hydrogens is 366 g/mol. The van der Waals surface area contributed by atoms with Crippen LogP contribution >= 0.6 is 0 Å². The van der Waals surface area contributed by atoms with Gasteiger partial charge in [-0.1, -0.05) is 23.4 Å². The summed E-state index contributed by atoms with van der Waals surface area (Å²) < 4.78 is 3.64. The van der Waals surface area contributed by atoms with Gasteiger partial charge in [0.15, 0.2) is 0 Å². The van der Waals surface area contributed by atoms with Crippen molar-refractivity contribution in [3.8, 4) is 5.69 Å². The number of nitrogens with zero attached hydrogens (tertiary/aromatic N) is 5. The topological polar surface area (TPSA) is 89.7 Å². The smallest absolute Gasteiger partial charge is 0.320 e. The lowest BCUT2D eigenvalue weighted by atomic mass is 9.96. The van der Waals surface area contributed by atoms with E-state index in [4.69, 9.17) is 5.10 Å². The average Bonchev–Trinajstić information content (AvgIpc) is 3.34. The Hall–Kier alpha value is -3.16. The fourth-order valence-electron chi connectivity index (χ4n) is 3.99. The number of carbonyl (C=O) groups is 1. The lowest BCUT2D eigenvalue weighted by molar-refractivity contribution is 0.247. The number of hydrogen-bond donors (Lipinski definition) is 2. The number of fused-ring (bicyclic) bond motifs is 1. The zero-order valence-corrected chi connectivity index (χ0v) is 16.5. The maximum atomic E-state index is 12.7. The molecule has 2 amide bonds. The highest BCUT2D eigenvalue weighted by Crippen LogP contribution is 2.33. The first kappa shape index (κ1) is 17.9. The summed E-state index contributed by atoms with van der Waals surface area (Å²) in [7, 11) is 1.91. The molecule has 0 bridgehead atoms. The van der Waals surface area contributed by atoms with E-state index in [0.29, 0.717) is 12.2 Å². The molecule has 3 aromatic rings. The largest absolute Gasteiger partial charge is 0.335 e. The summed E-state index contributed by atoms with van der Waals surface area (Å²) in [5, 5.41) is 19.1. The predicted molar refractivity (Wildman–Crippen MR) is 109 cm³/mol. The molecule has 2 heterocycles. The van der Waals surface area contributed by atoms with Gasteiger partial charge < -0.3 is 5.32 Å². The van der Waals surface area contributed by atoms with Crippen molar-refractivity contribution in [2.24, 2.45) is 13.0 Å². The van der Waals surface area contributed by atoms with E-state index >= 15 is 0 Å². The van der Waals surface area contributed by atoms with Crippen molar-refractivity contribution >= 4 is 11.8 Å². The number of anilines is 1. The Morgan fingerprint density at radius 1 is 1.21 bits per heavy atom. The molecule has 0 aliphatic heterocycles. The molecule has 1 aromatic carbocycles. The third-order valence-electron chi connectivity index (χ3n) is 5.72. The van der Waals surface area contributed by atoms with E-state index in [0.717, 1.165) is 47.9 Å². The van der Waals surface area contributed by atoms with Gasteiger partial charge in [0.25, 0.3) is 0 Å². The minimum absolute atomic E-state index is 0.0539. The molecule has 5 rings (SSSR count). The summed E-state index contributed by atoms with van der Waals surface area (Å²) in [6.45, 7) is 0. The summed E-state index contributed by atoms with van der Waals surface area (Å²) in [6, 6.07) is 11.7. The number of carbonyl (C=O) groups excluding carboxylic acids is 1. The Balaban J connectivity index is 1.30. The zero-order chi connectivity index (χ0) is 19.8. The van der Waals surface area contributed by atoms with E-state index in [1.54, 1.807) is 0 Å². The fourth-order valence-corrected chi connectivity index (χ4v) is 3.99. The second-order valence-corrected chi connectivity index (χ2v) is 8.06. The lowest BCUT2D eigenvalue weighted by Gasteiger charge is -2.22. The molecule has 2 aliphatic carbocycles. The second kappa shape index (κ2) is 7.35. The second-order valence-electron chi connectivity index (χ2n) is 8.06. The van der Waals surface area contributed by atoms with Crippen LogP contribution in [0, 0.1) is 5.92 Å². The number of urea groups is 1. The van der Waals surface area contributed by atoms with Crippen LogP contribution in [-0.4, -0.2) is 36.8 Å². The van der Waals surface area contributed by atoms with Gasteiger partial charge in [-0.15, -0.1) is 5.10 Å². The van der Waals surface area contributed by atoms with E-state index in [-0.39, 0.29) is 12.1 Å². The Labute approximate surface area is 169 Å². The monoisotopic (exact) mass is 391 g/mol. The highest BCUT2D eigenvalue weighted by atomic mass is 16.2. The van der Waals surface area contributed by atoms with Crippen LogP contribution in [0.4, 0.5) is 10.6 Å². The molecule has 29 heavy (non-hydrogen) atoms. The standard InChI is InChI=1S/C21H25N7O/c1-27-19-10-9-15(12-18(19)24-26-27)22-21(29)23-20-13-16(11-14-7-8-14)25-28(20)17-5-3-2-4-6-17/h2-6,13-15H,7-12H2,1H3,(H2,22,23,29). The van der Waals surface area contributed by atoms with Gasteiger partial charge in [-0.05, 0) is 50.2 Å². The predicted octanol–water partition coefficient (Wildman–Crippen LogP) is 2.63. The molecule has 8 nitrogen and oxygen atoms in total. The molecule has 0 spiro atoms. The van der Waals surface area contributed by atoms with Crippen molar-refractivity contribution in [2.75, 3.05) is 5.32 Å². The maximum absolute atomic E-state index is 12.7. The van der Waals surface area contributed by atoms with Crippen LogP contribution in [0.5, 0.6) is 0 Å². The first-order valence-corrected chi connectivity index (χ1v) is 10.2. The third-order valence-corrected chi connectivity index (χ3v) is 5.72. The Morgan fingerprint density at radius 2 is 2.03 bits per heavy atom. The first-order valence-electron chi connectivity index (χ1n) is 10.2. The normalized spacial score (nSPS) is 18.3. The maximum Gasteiger partial charge on any atom is 0.320 e. The van der Waals surface area contributed by atoms with E-state index in [1.165, 1.54) is 12.8 Å². The summed E-state index contributed by atoms with van der Waals surface area (Å²) in [4.78, 5) is 12.7. The highest BCUT2D eigenvalue weighted by molar-refractivity contribution is 5.89. The van der Waals surface area contributed by atoms with Gasteiger partial charge >= 0.3 is 6.03 Å². The number of aryl methyl sites for hydroxylation is 1. The SMILES string of the molecule is Cn1nnc2c1CCC(NC(=O)Nc1cc(CC3CC3)nn1-c1ccccc1)C2. The van der Waals surface area contributed by atoms with Crippen LogP contribution in [-0.2, 0) is 26.3 Å². The Kier molecular flexibility index (Phi) is 4.54. The minimum atomic E-state index is -0.211. The summed E-state index contributed by atoms with van der Waals surface area (Å²) in [5.41, 5.74) is 4.10.